The molecule has 106 heavy (non-hydrogen) atoms. The Hall–Kier alpha value is -8.44. The molecule has 0 radical (unpaired) electrons. The molecule has 9 aromatic rings. The fourth-order valence-electron chi connectivity index (χ4n) is 17.8. The van der Waals surface area contributed by atoms with Crippen molar-refractivity contribution in [3.8, 4) is 52.5 Å². The predicted molar refractivity (Wildman–Crippen MR) is 405 cm³/mol. The van der Waals surface area contributed by atoms with Crippen LogP contribution in [0, 0.1) is 17.8 Å². The van der Waals surface area contributed by atoms with Gasteiger partial charge in [0.05, 0.1) is 77.5 Å². The zero-order valence-corrected chi connectivity index (χ0v) is 65.3. The van der Waals surface area contributed by atoms with Gasteiger partial charge in [0.2, 0.25) is 41.2 Å². The minimum absolute atomic E-state index is 0.0506. The molecule has 22 nitrogen and oxygen atoms in total. The largest absolute Gasteiger partial charge is 0.481 e. The second kappa shape index (κ2) is 29.3. The average molecular weight is 1640 g/mol. The Morgan fingerprint density at radius 2 is 0.679 bits per heavy atom. The minimum atomic E-state index is -2.09. The molecule has 3 aliphatic carbocycles. The van der Waals surface area contributed by atoms with E-state index in [1.165, 1.54) is 47.6 Å². The third kappa shape index (κ3) is 11.6. The van der Waals surface area contributed by atoms with E-state index in [1.807, 2.05) is 202 Å². The maximum Gasteiger partial charge on any atom is 0.228 e. The second-order valence-electron chi connectivity index (χ2n) is 28.1. The van der Waals surface area contributed by atoms with E-state index in [2.05, 4.69) is 62.7 Å². The lowest BCUT2D eigenvalue weighted by molar-refractivity contribution is -0.156. The van der Waals surface area contributed by atoms with Crippen LogP contribution in [0.4, 0.5) is 0 Å². The van der Waals surface area contributed by atoms with Gasteiger partial charge < -0.3 is 88.0 Å². The first-order valence-electron chi connectivity index (χ1n) is 34.4. The van der Waals surface area contributed by atoms with Crippen molar-refractivity contribution in [3.63, 3.8) is 0 Å². The molecule has 3 fully saturated rings. The lowest BCUT2D eigenvalue weighted by atomic mass is 9.70. The number of fused-ring (bicyclic) bond motifs is 9. The molecule has 1 amide bonds. The molecular weight excluding hydrogens is 1550 g/mol. The molecule has 3 aliphatic heterocycles. The van der Waals surface area contributed by atoms with Gasteiger partial charge in [-0.15, -0.1) is 0 Å². The summed E-state index contributed by atoms with van der Waals surface area (Å²) in [5.74, 6) is -1.42. The molecule has 6 N–H and O–H groups in total. The van der Waals surface area contributed by atoms with Crippen LogP contribution in [0.3, 0.4) is 0 Å². The molecule has 556 valence electrons. The molecule has 6 heterocycles. The topological polar surface area (TPSA) is 270 Å². The van der Waals surface area contributed by atoms with Crippen LogP contribution in [0.2, 0.25) is 0 Å². The standard InChI is InChI=1S/C27H27BrN2O6.2C27H29BrN2O5/c1-30(2)25(32)20-21(15-8-6-5-7-9-15)27(16-10-12-17(28)13-11-16)26(33,23(20)31)22-18(36-27)14-19(34-3)29-24(22)35-4;2*1-30(2)15-19-22(16-8-6-5-7-9-16)27(17-10-12-18(28)13-11-17)26(32,24(19)31)23-20(35-27)14-21(33-3)29-25(23)34-4/h5-14,20-21,23,31,33H,1-4H3;2*5-14,19,22,24,31-32H,15H2,1-4H3/t20-,21-,23-,26+,27+;2*19-,22-,24-,26+,27+/m111/s1. The summed E-state index contributed by atoms with van der Waals surface area (Å²) in [5, 5.41) is 74.1. The fraction of sp³-hybridized carbons (Fsp3) is 0.358. The Balaban J connectivity index is 0.000000141. The molecule has 0 saturated heterocycles. The minimum Gasteiger partial charge on any atom is -0.481 e. The van der Waals surface area contributed by atoms with Gasteiger partial charge in [-0.3, -0.25) is 4.79 Å². The zero-order chi connectivity index (χ0) is 75.7. The van der Waals surface area contributed by atoms with Crippen molar-refractivity contribution in [2.75, 3.05) is 98.0 Å². The summed E-state index contributed by atoms with van der Waals surface area (Å²) in [7, 11) is 20.0. The van der Waals surface area contributed by atoms with Gasteiger partial charge in [-0.05, 0) is 98.0 Å². The number of benzene rings is 6. The summed E-state index contributed by atoms with van der Waals surface area (Å²) < 4.78 is 55.9. The number of aromatic nitrogens is 3. The maximum absolute atomic E-state index is 13.6. The van der Waals surface area contributed by atoms with Crippen LogP contribution >= 0.6 is 47.8 Å². The van der Waals surface area contributed by atoms with Gasteiger partial charge in [0, 0.05) is 88.4 Å². The summed E-state index contributed by atoms with van der Waals surface area (Å²) in [6.45, 7) is 1.07. The smallest absolute Gasteiger partial charge is 0.228 e. The highest BCUT2D eigenvalue weighted by atomic mass is 79.9. The highest BCUT2D eigenvalue weighted by Gasteiger charge is 2.81. The molecule has 6 aromatic carbocycles. The van der Waals surface area contributed by atoms with Crippen LogP contribution in [-0.4, -0.2) is 183 Å². The first-order chi connectivity index (χ1) is 50.7. The van der Waals surface area contributed by atoms with Gasteiger partial charge in [-0.25, -0.2) is 0 Å². The maximum atomic E-state index is 13.6. The molecule has 0 unspecified atom stereocenters. The van der Waals surface area contributed by atoms with E-state index in [9.17, 15) is 35.4 Å². The number of aliphatic hydroxyl groups is 6. The van der Waals surface area contributed by atoms with Crippen LogP contribution in [-0.2, 0) is 38.4 Å². The number of rotatable bonds is 17. The summed E-state index contributed by atoms with van der Waals surface area (Å²) >= 11 is 10.5. The molecule has 0 spiro atoms. The number of aliphatic hydroxyl groups excluding tert-OH is 3. The Morgan fingerprint density at radius 3 is 0.943 bits per heavy atom. The summed E-state index contributed by atoms with van der Waals surface area (Å²) in [6.07, 6.45) is -3.90. The SMILES string of the molecule is COc1cc2c(c(OC)n1)[C@]1(O)[C@H](O)[C@H](C(=O)N(C)C)[C@@H](c3ccccc3)[C@]1(c1ccc(Br)cc1)O2.COc1cc2c(c(OC)n1)[C@]1(O)[C@H](O)[C@H](CN(C)C)[C@@H](c3ccccc3)[C@]1(c1ccc(Br)cc1)O2.COc1cc2c(c(OC)n1)[C@]1(O)[C@H](O)[C@H](CN(C)C)[C@@H](c3ccccc3)[C@]1(c1ccc(Br)cc1)O2. The van der Waals surface area contributed by atoms with E-state index in [4.69, 9.17) is 42.6 Å². The van der Waals surface area contributed by atoms with Gasteiger partial charge in [0.1, 0.15) is 23.4 Å². The van der Waals surface area contributed by atoms with Gasteiger partial charge in [-0.1, -0.05) is 175 Å². The van der Waals surface area contributed by atoms with E-state index in [-0.39, 0.29) is 52.6 Å². The van der Waals surface area contributed by atoms with E-state index in [0.29, 0.717) is 53.0 Å². The number of halogens is 3. The highest BCUT2D eigenvalue weighted by molar-refractivity contribution is 9.11. The number of amides is 1. The zero-order valence-electron chi connectivity index (χ0n) is 60.5. The molecule has 6 aliphatic rings. The Morgan fingerprint density at radius 1 is 0.406 bits per heavy atom. The molecule has 0 bridgehead atoms. The van der Waals surface area contributed by atoms with E-state index >= 15 is 0 Å². The predicted octanol–water partition coefficient (Wildman–Crippen LogP) is 10.5. The van der Waals surface area contributed by atoms with Crippen LogP contribution in [0.25, 0.3) is 0 Å². The number of ether oxygens (including phenoxy) is 9. The highest BCUT2D eigenvalue weighted by Crippen LogP contribution is 2.73. The van der Waals surface area contributed by atoms with Gasteiger partial charge in [-0.2, -0.15) is 15.0 Å². The van der Waals surface area contributed by atoms with Crippen molar-refractivity contribution in [2.45, 2.75) is 69.7 Å². The average Bonchev–Trinajstić information content (AvgIpc) is 1.51. The van der Waals surface area contributed by atoms with Crippen molar-refractivity contribution in [2.24, 2.45) is 17.8 Å². The first-order valence-corrected chi connectivity index (χ1v) is 36.8. The number of carbonyl (C=O) groups excluding carboxylic acids is 1. The monoisotopic (exact) mass is 1630 g/mol. The molecule has 15 atom stereocenters. The van der Waals surface area contributed by atoms with Gasteiger partial charge >= 0.3 is 0 Å². The number of hydrogen-bond donors (Lipinski definition) is 6. The van der Waals surface area contributed by atoms with Crippen molar-refractivity contribution in [1.29, 1.82) is 0 Å². The van der Waals surface area contributed by atoms with Crippen molar-refractivity contribution < 1.29 is 78.1 Å². The first kappa shape index (κ1) is 75.8. The Kier molecular flexibility index (Phi) is 20.9. The molecule has 3 aromatic heterocycles. The number of carbonyl (C=O) groups is 1. The molecule has 25 heteroatoms. The van der Waals surface area contributed by atoms with Gasteiger partial charge in [0.25, 0.3) is 0 Å². The van der Waals surface area contributed by atoms with Crippen LogP contribution in [0.1, 0.15) is 67.8 Å². The van der Waals surface area contributed by atoms with E-state index in [1.54, 1.807) is 32.3 Å². The van der Waals surface area contributed by atoms with Crippen LogP contribution in [0.15, 0.2) is 195 Å². The Bertz CT molecular complexity index is 4480. The second-order valence-corrected chi connectivity index (χ2v) is 30.8. The van der Waals surface area contributed by atoms with E-state index < -0.39 is 75.6 Å². The van der Waals surface area contributed by atoms with E-state index in [0.717, 1.165) is 41.2 Å². The molecular formula is C81H85Br3N6O16. The van der Waals surface area contributed by atoms with Crippen molar-refractivity contribution in [3.05, 3.63) is 245 Å². The van der Waals surface area contributed by atoms with Crippen LogP contribution in [0.5, 0.6) is 52.5 Å². The summed E-state index contributed by atoms with van der Waals surface area (Å²) in [6, 6.07) is 56.8. The normalized spacial score (nSPS) is 28.7. The summed E-state index contributed by atoms with van der Waals surface area (Å²) in [5.41, 5.74) is -4.48. The quantitative estimate of drug-likeness (QED) is 0.0495. The lowest BCUT2D eigenvalue weighted by Gasteiger charge is -2.41. The summed E-state index contributed by atoms with van der Waals surface area (Å²) in [4.78, 5) is 32.3. The Labute approximate surface area is 640 Å². The lowest BCUT2D eigenvalue weighted by Crippen LogP contribution is -2.52. The van der Waals surface area contributed by atoms with Crippen LogP contribution < -0.4 is 42.6 Å². The van der Waals surface area contributed by atoms with Gasteiger partial charge in [0.15, 0.2) is 33.6 Å². The number of methoxy groups -OCH3 is 6. The number of nitrogens with zero attached hydrogens (tertiary/aromatic N) is 6. The van der Waals surface area contributed by atoms with Crippen molar-refractivity contribution in [1.82, 2.24) is 29.7 Å². The molecule has 15 rings (SSSR count). The molecule has 3 saturated carbocycles. The van der Waals surface area contributed by atoms with Crippen molar-refractivity contribution >= 4 is 53.7 Å². The number of pyridine rings is 3. The third-order valence-corrected chi connectivity index (χ3v) is 23.4. The third-order valence-electron chi connectivity index (χ3n) is 21.8. The number of hydrogen-bond acceptors (Lipinski definition) is 21. The fourth-order valence-corrected chi connectivity index (χ4v) is 18.6.